The van der Waals surface area contributed by atoms with Gasteiger partial charge in [-0.15, -0.1) is 0 Å². The van der Waals surface area contributed by atoms with Crippen LogP contribution in [-0.2, 0) is 13.1 Å². The van der Waals surface area contributed by atoms with Gasteiger partial charge in [0.05, 0.1) is 11.9 Å². The standard InChI is InChI=1S/C15H14BrFN4/c1-20(9-11-7-12(16)3-4-14(11)17)10-13-8-19-15-18-5-2-6-21(13)15/h2-8H,9-10H2,1H3. The summed E-state index contributed by atoms with van der Waals surface area (Å²) in [6.07, 6.45) is 5.45. The molecule has 0 aliphatic heterocycles. The van der Waals surface area contributed by atoms with E-state index in [1.54, 1.807) is 18.5 Å². The van der Waals surface area contributed by atoms with E-state index in [0.717, 1.165) is 10.2 Å². The smallest absolute Gasteiger partial charge is 0.233 e. The lowest BCUT2D eigenvalue weighted by atomic mass is 10.2. The second kappa shape index (κ2) is 5.91. The Morgan fingerprint density at radius 1 is 1.29 bits per heavy atom. The Bertz CT molecular complexity index is 771. The average Bonchev–Trinajstić information content (AvgIpc) is 2.86. The predicted octanol–water partition coefficient (Wildman–Crippen LogP) is 3.26. The topological polar surface area (TPSA) is 33.4 Å². The summed E-state index contributed by atoms with van der Waals surface area (Å²) in [6.45, 7) is 1.19. The van der Waals surface area contributed by atoms with E-state index < -0.39 is 0 Å². The van der Waals surface area contributed by atoms with Crippen LogP contribution in [0.1, 0.15) is 11.3 Å². The maximum Gasteiger partial charge on any atom is 0.233 e. The molecule has 0 unspecified atom stereocenters. The molecular weight excluding hydrogens is 335 g/mol. The molecule has 2 heterocycles. The van der Waals surface area contributed by atoms with E-state index in [0.29, 0.717) is 24.4 Å². The number of halogens is 2. The van der Waals surface area contributed by atoms with Gasteiger partial charge in [-0.2, -0.15) is 0 Å². The lowest BCUT2D eigenvalue weighted by Crippen LogP contribution is -2.19. The first kappa shape index (κ1) is 14.2. The Morgan fingerprint density at radius 2 is 2.14 bits per heavy atom. The number of nitrogens with zero attached hydrogens (tertiary/aromatic N) is 4. The van der Waals surface area contributed by atoms with Crippen LogP contribution in [-0.4, -0.2) is 26.3 Å². The summed E-state index contributed by atoms with van der Waals surface area (Å²) in [7, 11) is 1.95. The van der Waals surface area contributed by atoms with Crippen LogP contribution in [0.2, 0.25) is 0 Å². The Labute approximate surface area is 130 Å². The number of fused-ring (bicyclic) bond motifs is 1. The molecule has 0 spiro atoms. The summed E-state index contributed by atoms with van der Waals surface area (Å²) in [5.74, 6) is 0.486. The number of benzene rings is 1. The monoisotopic (exact) mass is 348 g/mol. The zero-order valence-corrected chi connectivity index (χ0v) is 13.1. The highest BCUT2D eigenvalue weighted by Crippen LogP contribution is 2.17. The van der Waals surface area contributed by atoms with Crippen LogP contribution in [0.25, 0.3) is 5.78 Å². The van der Waals surface area contributed by atoms with E-state index in [1.165, 1.54) is 6.07 Å². The Balaban J connectivity index is 1.77. The molecule has 6 heteroatoms. The summed E-state index contributed by atoms with van der Waals surface area (Å²) >= 11 is 3.37. The molecule has 0 N–H and O–H groups in total. The fraction of sp³-hybridized carbons (Fsp3) is 0.200. The third-order valence-corrected chi connectivity index (χ3v) is 3.74. The van der Waals surface area contributed by atoms with E-state index in [1.807, 2.05) is 34.7 Å². The predicted molar refractivity (Wildman–Crippen MR) is 82.3 cm³/mol. The van der Waals surface area contributed by atoms with E-state index in [4.69, 9.17) is 0 Å². The molecule has 21 heavy (non-hydrogen) atoms. The Hall–Kier alpha value is -1.79. The molecule has 0 saturated heterocycles. The van der Waals surface area contributed by atoms with Gasteiger partial charge in [0.1, 0.15) is 5.82 Å². The summed E-state index contributed by atoms with van der Waals surface area (Å²) in [6, 6.07) is 6.86. The first-order valence-corrected chi connectivity index (χ1v) is 7.32. The quantitative estimate of drug-likeness (QED) is 0.725. The van der Waals surface area contributed by atoms with Gasteiger partial charge in [0.25, 0.3) is 0 Å². The van der Waals surface area contributed by atoms with Crippen molar-refractivity contribution in [2.24, 2.45) is 0 Å². The highest BCUT2D eigenvalue weighted by molar-refractivity contribution is 9.10. The largest absolute Gasteiger partial charge is 0.296 e. The normalized spacial score (nSPS) is 11.4. The third kappa shape index (κ3) is 3.11. The molecule has 108 valence electrons. The Morgan fingerprint density at radius 3 is 3.00 bits per heavy atom. The first-order valence-electron chi connectivity index (χ1n) is 6.53. The lowest BCUT2D eigenvalue weighted by molar-refractivity contribution is 0.309. The number of rotatable bonds is 4. The van der Waals surface area contributed by atoms with Gasteiger partial charge in [0.2, 0.25) is 5.78 Å². The molecule has 2 aromatic heterocycles. The molecule has 3 rings (SSSR count). The van der Waals surface area contributed by atoms with Gasteiger partial charge in [0, 0.05) is 35.5 Å². The molecule has 0 radical (unpaired) electrons. The molecule has 0 saturated carbocycles. The zero-order chi connectivity index (χ0) is 14.8. The van der Waals surface area contributed by atoms with E-state index in [-0.39, 0.29) is 5.82 Å². The highest BCUT2D eigenvalue weighted by atomic mass is 79.9. The molecule has 0 atom stereocenters. The summed E-state index contributed by atoms with van der Waals surface area (Å²) in [5.41, 5.74) is 1.69. The van der Waals surface area contributed by atoms with Crippen LogP contribution >= 0.6 is 15.9 Å². The van der Waals surface area contributed by atoms with Crippen molar-refractivity contribution in [3.05, 3.63) is 64.4 Å². The SMILES string of the molecule is CN(Cc1cc(Br)ccc1F)Cc1cnc2ncccn12. The summed E-state index contributed by atoms with van der Waals surface area (Å²) in [5, 5.41) is 0. The van der Waals surface area contributed by atoms with Crippen LogP contribution in [0.4, 0.5) is 4.39 Å². The van der Waals surface area contributed by atoms with Gasteiger partial charge in [-0.3, -0.25) is 9.30 Å². The molecule has 4 nitrogen and oxygen atoms in total. The number of imidazole rings is 1. The van der Waals surface area contributed by atoms with Crippen molar-refractivity contribution >= 4 is 21.7 Å². The van der Waals surface area contributed by atoms with Crippen molar-refractivity contribution in [2.75, 3.05) is 7.05 Å². The van der Waals surface area contributed by atoms with Crippen molar-refractivity contribution in [1.82, 2.24) is 19.3 Å². The van der Waals surface area contributed by atoms with Gasteiger partial charge in [0.15, 0.2) is 0 Å². The summed E-state index contributed by atoms with van der Waals surface area (Å²) < 4.78 is 16.6. The third-order valence-electron chi connectivity index (χ3n) is 3.25. The number of hydrogen-bond acceptors (Lipinski definition) is 3. The minimum absolute atomic E-state index is 0.190. The molecular formula is C15H14BrFN4. The van der Waals surface area contributed by atoms with Crippen LogP contribution in [0.15, 0.2) is 47.3 Å². The number of aromatic nitrogens is 3. The van der Waals surface area contributed by atoms with Crippen LogP contribution in [0.3, 0.4) is 0 Å². The molecule has 0 aliphatic carbocycles. The molecule has 0 amide bonds. The van der Waals surface area contributed by atoms with Crippen molar-refractivity contribution in [2.45, 2.75) is 13.1 Å². The minimum Gasteiger partial charge on any atom is -0.296 e. The second-order valence-electron chi connectivity index (χ2n) is 4.95. The van der Waals surface area contributed by atoms with Gasteiger partial charge in [-0.05, 0) is 31.3 Å². The Kier molecular flexibility index (Phi) is 3.98. The molecule has 0 bridgehead atoms. The second-order valence-corrected chi connectivity index (χ2v) is 5.86. The van der Waals surface area contributed by atoms with Crippen LogP contribution < -0.4 is 0 Å². The zero-order valence-electron chi connectivity index (χ0n) is 11.5. The van der Waals surface area contributed by atoms with Gasteiger partial charge < -0.3 is 0 Å². The van der Waals surface area contributed by atoms with Crippen molar-refractivity contribution < 1.29 is 4.39 Å². The van der Waals surface area contributed by atoms with E-state index in [2.05, 4.69) is 25.9 Å². The fourth-order valence-corrected chi connectivity index (χ4v) is 2.69. The lowest BCUT2D eigenvalue weighted by Gasteiger charge is -2.17. The van der Waals surface area contributed by atoms with Gasteiger partial charge in [-0.1, -0.05) is 15.9 Å². The van der Waals surface area contributed by atoms with Crippen LogP contribution in [0.5, 0.6) is 0 Å². The van der Waals surface area contributed by atoms with Gasteiger partial charge >= 0.3 is 0 Å². The number of hydrogen-bond donors (Lipinski definition) is 0. The minimum atomic E-state index is -0.190. The highest BCUT2D eigenvalue weighted by Gasteiger charge is 2.10. The first-order chi connectivity index (χ1) is 10.1. The van der Waals surface area contributed by atoms with Crippen molar-refractivity contribution in [1.29, 1.82) is 0 Å². The molecule has 1 aromatic carbocycles. The van der Waals surface area contributed by atoms with Gasteiger partial charge in [-0.25, -0.2) is 14.4 Å². The maximum atomic E-state index is 13.8. The van der Waals surface area contributed by atoms with Crippen molar-refractivity contribution in [3.63, 3.8) is 0 Å². The molecule has 0 aliphatic rings. The van der Waals surface area contributed by atoms with E-state index in [9.17, 15) is 4.39 Å². The van der Waals surface area contributed by atoms with Crippen molar-refractivity contribution in [3.8, 4) is 0 Å². The summed E-state index contributed by atoms with van der Waals surface area (Å²) in [4.78, 5) is 10.5. The fourth-order valence-electron chi connectivity index (χ4n) is 2.28. The molecule has 0 fully saturated rings. The van der Waals surface area contributed by atoms with Crippen LogP contribution in [0, 0.1) is 5.82 Å². The molecule has 3 aromatic rings. The average molecular weight is 349 g/mol. The maximum absolute atomic E-state index is 13.8. The van der Waals surface area contributed by atoms with E-state index >= 15 is 0 Å².